The summed E-state index contributed by atoms with van der Waals surface area (Å²) in [5.74, 6) is 0. The van der Waals surface area contributed by atoms with Gasteiger partial charge in [-0.15, -0.1) is 0 Å². The van der Waals surface area contributed by atoms with Crippen LogP contribution in [0.3, 0.4) is 0 Å². The van der Waals surface area contributed by atoms with Gasteiger partial charge >= 0.3 is 0 Å². The van der Waals surface area contributed by atoms with Crippen molar-refractivity contribution in [2.45, 2.75) is 13.8 Å². The Kier molecular flexibility index (Phi) is 3.74. The van der Waals surface area contributed by atoms with Crippen LogP contribution in [0.25, 0.3) is 0 Å². The predicted molar refractivity (Wildman–Crippen MR) is 91.2 cm³/mol. The lowest BCUT2D eigenvalue weighted by molar-refractivity contribution is 0.652. The molecule has 0 spiro atoms. The van der Waals surface area contributed by atoms with Crippen LogP contribution in [0.1, 0.15) is 11.1 Å². The molecule has 0 unspecified atom stereocenters. The summed E-state index contributed by atoms with van der Waals surface area (Å²) in [4.78, 5) is 4.91. The molecule has 2 aromatic rings. The number of benzene rings is 2. The summed E-state index contributed by atoms with van der Waals surface area (Å²) in [6.45, 7) is 8.54. The minimum Gasteiger partial charge on any atom is -0.399 e. The molecule has 1 saturated heterocycles. The Morgan fingerprint density at radius 2 is 1.57 bits per heavy atom. The van der Waals surface area contributed by atoms with E-state index >= 15 is 0 Å². The molecule has 3 rings (SSSR count). The first kappa shape index (κ1) is 13.8. The van der Waals surface area contributed by atoms with Gasteiger partial charge in [0.1, 0.15) is 0 Å². The fourth-order valence-corrected chi connectivity index (χ4v) is 2.99. The summed E-state index contributed by atoms with van der Waals surface area (Å²) in [6.07, 6.45) is 0. The first-order valence-corrected chi connectivity index (χ1v) is 7.56. The maximum Gasteiger partial charge on any atom is 0.0399 e. The van der Waals surface area contributed by atoms with E-state index in [2.05, 4.69) is 54.0 Å². The fourth-order valence-electron chi connectivity index (χ4n) is 2.99. The highest BCUT2D eigenvalue weighted by Crippen LogP contribution is 2.25. The molecule has 0 aromatic heterocycles. The van der Waals surface area contributed by atoms with E-state index < -0.39 is 0 Å². The van der Waals surface area contributed by atoms with Gasteiger partial charge in [-0.05, 0) is 49.2 Å². The van der Waals surface area contributed by atoms with E-state index in [1.807, 2.05) is 12.1 Å². The smallest absolute Gasteiger partial charge is 0.0399 e. The van der Waals surface area contributed by atoms with E-state index in [0.717, 1.165) is 31.9 Å². The van der Waals surface area contributed by atoms with E-state index in [-0.39, 0.29) is 0 Å². The molecular formula is C18H23N3. The predicted octanol–water partition coefficient (Wildman–Crippen LogP) is 3.21. The number of piperazine rings is 1. The number of rotatable bonds is 2. The zero-order valence-electron chi connectivity index (χ0n) is 12.8. The van der Waals surface area contributed by atoms with Crippen molar-refractivity contribution in [1.82, 2.24) is 0 Å². The molecule has 1 aliphatic heterocycles. The lowest BCUT2D eigenvalue weighted by Gasteiger charge is -2.38. The number of nitrogen functional groups attached to an aromatic ring is 1. The number of aryl methyl sites for hydroxylation is 2. The van der Waals surface area contributed by atoms with Crippen molar-refractivity contribution in [2.24, 2.45) is 0 Å². The third-order valence-electron chi connectivity index (χ3n) is 4.22. The lowest BCUT2D eigenvalue weighted by Crippen LogP contribution is -2.46. The molecule has 0 atom stereocenters. The monoisotopic (exact) mass is 281 g/mol. The van der Waals surface area contributed by atoms with Gasteiger partial charge in [-0.25, -0.2) is 0 Å². The molecule has 0 radical (unpaired) electrons. The molecular weight excluding hydrogens is 258 g/mol. The van der Waals surface area contributed by atoms with Gasteiger partial charge in [0.2, 0.25) is 0 Å². The second kappa shape index (κ2) is 5.68. The topological polar surface area (TPSA) is 32.5 Å². The van der Waals surface area contributed by atoms with Crippen molar-refractivity contribution in [1.29, 1.82) is 0 Å². The Hall–Kier alpha value is -2.16. The Balaban J connectivity index is 1.72. The third-order valence-corrected chi connectivity index (χ3v) is 4.22. The Labute approximate surface area is 127 Å². The molecule has 3 heteroatoms. The number of anilines is 3. The summed E-state index contributed by atoms with van der Waals surface area (Å²) in [7, 11) is 0. The number of hydrogen-bond donors (Lipinski definition) is 1. The van der Waals surface area contributed by atoms with E-state index in [1.165, 1.54) is 22.5 Å². The van der Waals surface area contributed by atoms with Gasteiger partial charge in [-0.2, -0.15) is 0 Å². The van der Waals surface area contributed by atoms with Crippen molar-refractivity contribution < 1.29 is 0 Å². The quantitative estimate of drug-likeness (QED) is 0.858. The summed E-state index contributed by atoms with van der Waals surface area (Å²) in [6, 6.07) is 14.9. The minimum atomic E-state index is 0.837. The summed E-state index contributed by atoms with van der Waals surface area (Å²) in [5, 5.41) is 0. The standard InChI is InChI=1S/C18H23N3/c1-14-6-7-15(2)18(12-14)21-10-8-20(9-11-21)17-5-3-4-16(19)13-17/h3-7,12-13H,8-11,19H2,1-2H3. The lowest BCUT2D eigenvalue weighted by atomic mass is 10.1. The van der Waals surface area contributed by atoms with Crippen LogP contribution in [-0.4, -0.2) is 26.2 Å². The van der Waals surface area contributed by atoms with Crippen molar-refractivity contribution >= 4 is 17.1 Å². The highest BCUT2D eigenvalue weighted by molar-refractivity contribution is 5.59. The molecule has 1 heterocycles. The molecule has 0 saturated carbocycles. The largest absolute Gasteiger partial charge is 0.399 e. The van der Waals surface area contributed by atoms with E-state index in [0.29, 0.717) is 0 Å². The Morgan fingerprint density at radius 1 is 0.857 bits per heavy atom. The normalized spacial score (nSPS) is 15.3. The second-order valence-corrected chi connectivity index (χ2v) is 5.86. The van der Waals surface area contributed by atoms with Crippen LogP contribution in [0.15, 0.2) is 42.5 Å². The average Bonchev–Trinajstić information content (AvgIpc) is 2.50. The van der Waals surface area contributed by atoms with Gasteiger partial charge in [-0.1, -0.05) is 18.2 Å². The molecule has 110 valence electrons. The number of nitrogens with two attached hydrogens (primary N) is 1. The van der Waals surface area contributed by atoms with E-state index in [1.54, 1.807) is 0 Å². The first-order chi connectivity index (χ1) is 10.1. The Morgan fingerprint density at radius 3 is 2.29 bits per heavy atom. The summed E-state index contributed by atoms with van der Waals surface area (Å²) in [5.41, 5.74) is 12.0. The third kappa shape index (κ3) is 2.97. The Bertz CT molecular complexity index is 628. The molecule has 0 amide bonds. The van der Waals surface area contributed by atoms with Crippen LogP contribution in [0.4, 0.5) is 17.1 Å². The van der Waals surface area contributed by atoms with Crippen molar-refractivity contribution in [3.05, 3.63) is 53.6 Å². The summed E-state index contributed by atoms with van der Waals surface area (Å²) < 4.78 is 0. The van der Waals surface area contributed by atoms with Crippen molar-refractivity contribution in [2.75, 3.05) is 41.7 Å². The minimum absolute atomic E-state index is 0.837. The van der Waals surface area contributed by atoms with Crippen LogP contribution in [0.5, 0.6) is 0 Å². The highest BCUT2D eigenvalue weighted by Gasteiger charge is 2.18. The van der Waals surface area contributed by atoms with Gasteiger partial charge in [0.25, 0.3) is 0 Å². The van der Waals surface area contributed by atoms with Crippen LogP contribution >= 0.6 is 0 Å². The molecule has 1 fully saturated rings. The van der Waals surface area contributed by atoms with Crippen LogP contribution in [-0.2, 0) is 0 Å². The van der Waals surface area contributed by atoms with Gasteiger partial charge in [0.05, 0.1) is 0 Å². The van der Waals surface area contributed by atoms with Gasteiger partial charge in [0, 0.05) is 43.2 Å². The maximum atomic E-state index is 5.88. The van der Waals surface area contributed by atoms with Gasteiger partial charge in [0.15, 0.2) is 0 Å². The number of nitrogens with zero attached hydrogens (tertiary/aromatic N) is 2. The summed E-state index contributed by atoms with van der Waals surface area (Å²) >= 11 is 0. The molecule has 2 aromatic carbocycles. The van der Waals surface area contributed by atoms with E-state index in [9.17, 15) is 0 Å². The van der Waals surface area contributed by atoms with Gasteiger partial charge < -0.3 is 15.5 Å². The molecule has 2 N–H and O–H groups in total. The SMILES string of the molecule is Cc1ccc(C)c(N2CCN(c3cccc(N)c3)CC2)c1. The molecule has 0 bridgehead atoms. The molecule has 3 nitrogen and oxygen atoms in total. The fraction of sp³-hybridized carbons (Fsp3) is 0.333. The highest BCUT2D eigenvalue weighted by atomic mass is 15.3. The second-order valence-electron chi connectivity index (χ2n) is 5.86. The maximum absolute atomic E-state index is 5.88. The van der Waals surface area contributed by atoms with Crippen LogP contribution in [0.2, 0.25) is 0 Å². The average molecular weight is 281 g/mol. The first-order valence-electron chi connectivity index (χ1n) is 7.56. The van der Waals surface area contributed by atoms with Crippen molar-refractivity contribution in [3.8, 4) is 0 Å². The zero-order chi connectivity index (χ0) is 14.8. The molecule has 21 heavy (non-hydrogen) atoms. The molecule has 1 aliphatic rings. The molecule has 0 aliphatic carbocycles. The zero-order valence-corrected chi connectivity index (χ0v) is 12.8. The van der Waals surface area contributed by atoms with E-state index in [4.69, 9.17) is 5.73 Å². The van der Waals surface area contributed by atoms with Crippen LogP contribution < -0.4 is 15.5 Å². The van der Waals surface area contributed by atoms with Gasteiger partial charge in [-0.3, -0.25) is 0 Å². The van der Waals surface area contributed by atoms with Crippen molar-refractivity contribution in [3.63, 3.8) is 0 Å². The number of hydrogen-bond acceptors (Lipinski definition) is 3. The van der Waals surface area contributed by atoms with Crippen LogP contribution in [0, 0.1) is 13.8 Å².